The van der Waals surface area contributed by atoms with Gasteiger partial charge in [-0.1, -0.05) is 15.9 Å². The number of halogens is 1. The van der Waals surface area contributed by atoms with Gasteiger partial charge in [0.15, 0.2) is 6.61 Å². The van der Waals surface area contributed by atoms with Gasteiger partial charge in [0.05, 0.1) is 26.9 Å². The Morgan fingerprint density at radius 2 is 1.94 bits per heavy atom. The second-order valence-corrected chi connectivity index (χ2v) is 8.52. The molecule has 12 heteroatoms. The lowest BCUT2D eigenvalue weighted by Gasteiger charge is -2.26. The minimum absolute atomic E-state index is 0.0252. The molecule has 2 saturated heterocycles. The predicted molar refractivity (Wildman–Crippen MR) is 124 cm³/mol. The molecule has 2 aromatic rings. The fourth-order valence-corrected chi connectivity index (χ4v) is 3.89. The van der Waals surface area contributed by atoms with E-state index in [0.29, 0.717) is 37.6 Å². The van der Waals surface area contributed by atoms with Crippen LogP contribution in [0.15, 0.2) is 44.9 Å². The van der Waals surface area contributed by atoms with Crippen molar-refractivity contribution < 1.29 is 37.8 Å². The van der Waals surface area contributed by atoms with Gasteiger partial charge in [-0.2, -0.15) is 0 Å². The summed E-state index contributed by atoms with van der Waals surface area (Å²) in [7, 11) is 1.22. The summed E-state index contributed by atoms with van der Waals surface area (Å²) in [6, 6.07) is 7.36. The summed E-state index contributed by atoms with van der Waals surface area (Å²) in [6.45, 7) is 1.64. The molecular formula is C23H22BrN3O8. The molecule has 35 heavy (non-hydrogen) atoms. The number of nitrogens with one attached hydrogen (secondary N) is 1. The summed E-state index contributed by atoms with van der Waals surface area (Å²) in [4.78, 5) is 52.0. The fraction of sp³-hybridized carbons (Fsp3) is 0.304. The van der Waals surface area contributed by atoms with E-state index in [2.05, 4.69) is 26.0 Å². The number of methoxy groups -OCH3 is 1. The highest BCUT2D eigenvalue weighted by molar-refractivity contribution is 9.10. The molecule has 4 rings (SSSR count). The first-order chi connectivity index (χ1) is 16.9. The number of hydrogen-bond acceptors (Lipinski definition) is 8. The van der Waals surface area contributed by atoms with Crippen molar-refractivity contribution in [2.45, 2.75) is 6.54 Å². The van der Waals surface area contributed by atoms with Gasteiger partial charge in [-0.05, 0) is 36.4 Å². The summed E-state index contributed by atoms with van der Waals surface area (Å²) in [6.07, 6.45) is 1.47. The van der Waals surface area contributed by atoms with Crippen LogP contribution in [0, 0.1) is 0 Å². The van der Waals surface area contributed by atoms with Gasteiger partial charge in [0.2, 0.25) is 5.76 Å². The number of carbonyl (C=O) groups is 4. The van der Waals surface area contributed by atoms with E-state index in [9.17, 15) is 19.2 Å². The highest BCUT2D eigenvalue weighted by Crippen LogP contribution is 2.27. The monoisotopic (exact) mass is 547 g/mol. The van der Waals surface area contributed by atoms with Crippen LogP contribution >= 0.6 is 15.9 Å². The molecular weight excluding hydrogens is 526 g/mol. The van der Waals surface area contributed by atoms with Crippen LogP contribution in [0.5, 0.6) is 5.75 Å². The van der Waals surface area contributed by atoms with Crippen molar-refractivity contribution in [3.8, 4) is 5.75 Å². The molecule has 4 amide bonds. The summed E-state index contributed by atoms with van der Waals surface area (Å²) < 4.78 is 21.7. The maximum atomic E-state index is 12.9. The lowest BCUT2D eigenvalue weighted by atomic mass is 10.1. The van der Waals surface area contributed by atoms with Gasteiger partial charge >= 0.3 is 12.0 Å². The van der Waals surface area contributed by atoms with Crippen LogP contribution in [0.4, 0.5) is 4.79 Å². The van der Waals surface area contributed by atoms with E-state index in [1.807, 2.05) is 0 Å². The average molecular weight is 548 g/mol. The lowest BCUT2D eigenvalue weighted by Crippen LogP contribution is -2.43. The Balaban J connectivity index is 1.47. The minimum atomic E-state index is -0.664. The maximum absolute atomic E-state index is 12.9. The lowest BCUT2D eigenvalue weighted by molar-refractivity contribution is -0.137. The van der Waals surface area contributed by atoms with Gasteiger partial charge in [0.1, 0.15) is 17.2 Å². The minimum Gasteiger partial charge on any atom is -0.483 e. The van der Waals surface area contributed by atoms with Gasteiger partial charge in [-0.15, -0.1) is 0 Å². The zero-order chi connectivity index (χ0) is 24.9. The van der Waals surface area contributed by atoms with Crippen LogP contribution in [-0.4, -0.2) is 73.6 Å². The summed E-state index contributed by atoms with van der Waals surface area (Å²) >= 11 is 3.38. The van der Waals surface area contributed by atoms with E-state index in [4.69, 9.17) is 13.9 Å². The molecule has 2 aliphatic rings. The second-order valence-electron chi connectivity index (χ2n) is 7.60. The number of rotatable bonds is 7. The average Bonchev–Trinajstić information content (AvgIpc) is 3.44. The van der Waals surface area contributed by atoms with Crippen LogP contribution in [0.2, 0.25) is 0 Å². The van der Waals surface area contributed by atoms with Gasteiger partial charge in [0.25, 0.3) is 11.8 Å². The molecule has 0 unspecified atom stereocenters. The molecule has 0 saturated carbocycles. The number of carbonyl (C=O) groups excluding carboxylic acids is 4. The number of imide groups is 1. The standard InChI is InChI=1S/C23H22BrN3O8/c1-32-22(30)19-5-3-16(35-19)12-27-21(29)17(25-23(27)31)11-14-10-15(24)2-4-18(14)34-13-20(28)26-6-8-33-9-7-26/h2-5,10-11H,6-9,12-13H2,1H3,(H,25,31)/b17-11-. The van der Waals surface area contributed by atoms with E-state index in [-0.39, 0.29) is 36.3 Å². The van der Waals surface area contributed by atoms with Crippen molar-refractivity contribution in [2.75, 3.05) is 40.0 Å². The highest BCUT2D eigenvalue weighted by atomic mass is 79.9. The van der Waals surface area contributed by atoms with Crippen LogP contribution in [-0.2, 0) is 25.6 Å². The number of benzene rings is 1. The second kappa shape index (κ2) is 10.7. The first-order valence-corrected chi connectivity index (χ1v) is 11.4. The summed E-state index contributed by atoms with van der Waals surface area (Å²) in [5.74, 6) is -0.839. The normalized spacial score (nSPS) is 17.0. The number of furan rings is 1. The van der Waals surface area contributed by atoms with Gasteiger partial charge in [0, 0.05) is 23.1 Å². The fourth-order valence-electron chi connectivity index (χ4n) is 3.51. The molecule has 0 aliphatic carbocycles. The van der Waals surface area contributed by atoms with Gasteiger partial charge in [-0.25, -0.2) is 9.59 Å². The molecule has 2 aliphatic heterocycles. The topological polar surface area (TPSA) is 128 Å². The number of urea groups is 1. The molecule has 2 fully saturated rings. The molecule has 0 atom stereocenters. The zero-order valence-electron chi connectivity index (χ0n) is 18.7. The number of amides is 4. The van der Waals surface area contributed by atoms with E-state index in [1.54, 1.807) is 23.1 Å². The van der Waals surface area contributed by atoms with E-state index in [0.717, 1.165) is 9.37 Å². The van der Waals surface area contributed by atoms with Crippen molar-refractivity contribution in [3.05, 3.63) is 57.6 Å². The molecule has 0 spiro atoms. The first-order valence-electron chi connectivity index (χ1n) is 10.6. The number of hydrogen-bond donors (Lipinski definition) is 1. The molecule has 3 heterocycles. The first kappa shape index (κ1) is 24.5. The van der Waals surface area contributed by atoms with Gasteiger partial charge < -0.3 is 28.8 Å². The van der Waals surface area contributed by atoms with Crippen LogP contribution in [0.1, 0.15) is 21.9 Å². The summed E-state index contributed by atoms with van der Waals surface area (Å²) in [5.41, 5.74) is 0.517. The van der Waals surface area contributed by atoms with E-state index < -0.39 is 17.9 Å². The number of morpholine rings is 1. The van der Waals surface area contributed by atoms with Crippen molar-refractivity contribution in [1.82, 2.24) is 15.1 Å². The Bertz CT molecular complexity index is 1190. The number of nitrogens with zero attached hydrogens (tertiary/aromatic N) is 2. The van der Waals surface area contributed by atoms with Crippen LogP contribution in [0.25, 0.3) is 6.08 Å². The smallest absolute Gasteiger partial charge is 0.373 e. The molecule has 11 nitrogen and oxygen atoms in total. The van der Waals surface area contributed by atoms with E-state index in [1.165, 1.54) is 25.3 Å². The number of esters is 1. The zero-order valence-corrected chi connectivity index (χ0v) is 20.3. The van der Waals surface area contributed by atoms with E-state index >= 15 is 0 Å². The largest absolute Gasteiger partial charge is 0.483 e. The van der Waals surface area contributed by atoms with Crippen LogP contribution < -0.4 is 10.1 Å². The Morgan fingerprint density at radius 1 is 1.17 bits per heavy atom. The quantitative estimate of drug-likeness (QED) is 0.317. The SMILES string of the molecule is COC(=O)c1ccc(CN2C(=O)N/C(=C\c3cc(Br)ccc3OCC(=O)N3CCOCC3)C2=O)o1. The van der Waals surface area contributed by atoms with Crippen molar-refractivity contribution in [1.29, 1.82) is 0 Å². The Hall–Kier alpha value is -3.64. The predicted octanol–water partition coefficient (Wildman–Crippen LogP) is 2.16. The highest BCUT2D eigenvalue weighted by Gasteiger charge is 2.34. The maximum Gasteiger partial charge on any atom is 0.373 e. The van der Waals surface area contributed by atoms with Crippen LogP contribution in [0.3, 0.4) is 0 Å². The van der Waals surface area contributed by atoms with Crippen molar-refractivity contribution in [2.24, 2.45) is 0 Å². The molecule has 1 aromatic heterocycles. The summed E-state index contributed by atoms with van der Waals surface area (Å²) in [5, 5.41) is 2.53. The number of ether oxygens (including phenoxy) is 3. The molecule has 0 radical (unpaired) electrons. The Kier molecular flexibility index (Phi) is 7.51. The Labute approximate surface area is 208 Å². The molecule has 184 valence electrons. The third kappa shape index (κ3) is 5.72. The van der Waals surface area contributed by atoms with Crippen molar-refractivity contribution in [3.63, 3.8) is 0 Å². The third-order valence-corrected chi connectivity index (χ3v) is 5.80. The third-order valence-electron chi connectivity index (χ3n) is 5.31. The molecule has 1 N–H and O–H groups in total. The van der Waals surface area contributed by atoms with Gasteiger partial charge in [-0.3, -0.25) is 14.5 Å². The van der Waals surface area contributed by atoms with Crippen molar-refractivity contribution >= 4 is 45.8 Å². The Morgan fingerprint density at radius 3 is 2.69 bits per heavy atom. The molecule has 0 bridgehead atoms. The molecule has 1 aromatic carbocycles.